The minimum Gasteiger partial charge on any atom is -0.368 e. The summed E-state index contributed by atoms with van der Waals surface area (Å²) in [7, 11) is 0. The third-order valence-electron chi connectivity index (χ3n) is 3.33. The number of nitrogens with two attached hydrogens (primary N) is 1. The maximum absolute atomic E-state index is 5.61. The van der Waals surface area contributed by atoms with Crippen LogP contribution in [0.25, 0.3) is 0 Å². The first kappa shape index (κ1) is 11.0. The van der Waals surface area contributed by atoms with E-state index >= 15 is 0 Å². The SMILES string of the molecule is Cc1cnc(N)nc1N[C@@H]1C[C@H]1c1ccccc1. The van der Waals surface area contributed by atoms with Gasteiger partial charge in [0.15, 0.2) is 0 Å². The number of anilines is 2. The summed E-state index contributed by atoms with van der Waals surface area (Å²) in [6.45, 7) is 1.99. The van der Waals surface area contributed by atoms with Crippen LogP contribution in [-0.4, -0.2) is 16.0 Å². The first-order valence-electron chi connectivity index (χ1n) is 6.14. The van der Waals surface area contributed by atoms with Gasteiger partial charge in [0, 0.05) is 23.7 Å². The van der Waals surface area contributed by atoms with E-state index in [0.29, 0.717) is 17.9 Å². The van der Waals surface area contributed by atoms with E-state index < -0.39 is 0 Å². The Hall–Kier alpha value is -2.10. The zero-order chi connectivity index (χ0) is 12.5. The lowest BCUT2D eigenvalue weighted by atomic mass is 10.1. The van der Waals surface area contributed by atoms with Gasteiger partial charge < -0.3 is 11.1 Å². The quantitative estimate of drug-likeness (QED) is 0.864. The Bertz CT molecular complexity index is 553. The van der Waals surface area contributed by atoms with E-state index in [2.05, 4.69) is 39.6 Å². The molecule has 2 aromatic rings. The van der Waals surface area contributed by atoms with Gasteiger partial charge in [-0.2, -0.15) is 4.98 Å². The van der Waals surface area contributed by atoms with E-state index in [1.807, 2.05) is 13.0 Å². The number of benzene rings is 1. The van der Waals surface area contributed by atoms with Gasteiger partial charge in [0.2, 0.25) is 5.95 Å². The van der Waals surface area contributed by atoms with Crippen molar-refractivity contribution in [1.82, 2.24) is 9.97 Å². The molecule has 18 heavy (non-hydrogen) atoms. The summed E-state index contributed by atoms with van der Waals surface area (Å²) in [5.41, 5.74) is 8.02. The second-order valence-corrected chi connectivity index (χ2v) is 4.76. The van der Waals surface area contributed by atoms with Gasteiger partial charge in [-0.3, -0.25) is 0 Å². The van der Waals surface area contributed by atoms with Crippen molar-refractivity contribution in [1.29, 1.82) is 0 Å². The molecule has 1 heterocycles. The molecule has 92 valence electrons. The van der Waals surface area contributed by atoms with Crippen LogP contribution in [0.5, 0.6) is 0 Å². The maximum atomic E-state index is 5.61. The van der Waals surface area contributed by atoms with E-state index in [0.717, 1.165) is 17.8 Å². The number of aryl methyl sites for hydroxylation is 1. The minimum atomic E-state index is 0.319. The lowest BCUT2D eigenvalue weighted by Gasteiger charge is -2.08. The molecule has 0 bridgehead atoms. The Morgan fingerprint density at radius 1 is 1.28 bits per heavy atom. The van der Waals surface area contributed by atoms with Crippen LogP contribution in [0, 0.1) is 6.92 Å². The van der Waals surface area contributed by atoms with Crippen LogP contribution in [0.4, 0.5) is 11.8 Å². The Kier molecular flexibility index (Phi) is 2.63. The molecule has 1 aromatic heterocycles. The summed E-state index contributed by atoms with van der Waals surface area (Å²) in [5, 5.41) is 3.44. The van der Waals surface area contributed by atoms with Crippen molar-refractivity contribution in [3.8, 4) is 0 Å². The predicted molar refractivity (Wildman–Crippen MR) is 72.4 cm³/mol. The average molecular weight is 240 g/mol. The van der Waals surface area contributed by atoms with Crippen LogP contribution in [0.3, 0.4) is 0 Å². The highest BCUT2D eigenvalue weighted by Crippen LogP contribution is 2.42. The second-order valence-electron chi connectivity index (χ2n) is 4.76. The predicted octanol–water partition coefficient (Wildman–Crippen LogP) is 2.34. The number of aromatic nitrogens is 2. The average Bonchev–Trinajstić information content (AvgIpc) is 3.14. The van der Waals surface area contributed by atoms with Crippen molar-refractivity contribution in [2.75, 3.05) is 11.1 Å². The maximum Gasteiger partial charge on any atom is 0.221 e. The number of nitrogens with zero attached hydrogens (tertiary/aromatic N) is 2. The van der Waals surface area contributed by atoms with Gasteiger partial charge in [0.05, 0.1) is 0 Å². The van der Waals surface area contributed by atoms with Gasteiger partial charge in [0.25, 0.3) is 0 Å². The van der Waals surface area contributed by atoms with E-state index in [1.54, 1.807) is 6.20 Å². The molecule has 0 aliphatic heterocycles. The Morgan fingerprint density at radius 2 is 2.06 bits per heavy atom. The number of rotatable bonds is 3. The Morgan fingerprint density at radius 3 is 2.83 bits per heavy atom. The van der Waals surface area contributed by atoms with E-state index in [-0.39, 0.29) is 0 Å². The van der Waals surface area contributed by atoms with Crippen LogP contribution < -0.4 is 11.1 Å². The Balaban J connectivity index is 1.71. The lowest BCUT2D eigenvalue weighted by molar-refractivity contribution is 1.01. The van der Waals surface area contributed by atoms with Crippen LogP contribution >= 0.6 is 0 Å². The second kappa shape index (κ2) is 4.29. The first-order valence-corrected chi connectivity index (χ1v) is 6.14. The Labute approximate surface area is 106 Å². The first-order chi connectivity index (χ1) is 8.74. The molecule has 4 nitrogen and oxygen atoms in total. The van der Waals surface area contributed by atoms with Crippen LogP contribution in [0.2, 0.25) is 0 Å². The van der Waals surface area contributed by atoms with E-state index in [1.165, 1.54) is 5.56 Å². The molecule has 4 heteroatoms. The molecule has 2 atom stereocenters. The van der Waals surface area contributed by atoms with Crippen molar-refractivity contribution in [2.45, 2.75) is 25.3 Å². The number of hydrogen-bond donors (Lipinski definition) is 2. The highest BCUT2D eigenvalue weighted by atomic mass is 15.1. The van der Waals surface area contributed by atoms with Crippen LogP contribution in [0.15, 0.2) is 36.5 Å². The van der Waals surface area contributed by atoms with Crippen molar-refractivity contribution in [3.63, 3.8) is 0 Å². The van der Waals surface area contributed by atoms with Gasteiger partial charge in [-0.25, -0.2) is 4.98 Å². The molecule has 0 unspecified atom stereocenters. The van der Waals surface area contributed by atoms with Crippen molar-refractivity contribution in [2.24, 2.45) is 0 Å². The summed E-state index contributed by atoms with van der Waals surface area (Å²) >= 11 is 0. The third-order valence-corrected chi connectivity index (χ3v) is 3.33. The fourth-order valence-corrected chi connectivity index (χ4v) is 2.20. The number of nitrogens with one attached hydrogen (secondary N) is 1. The van der Waals surface area contributed by atoms with Gasteiger partial charge >= 0.3 is 0 Å². The summed E-state index contributed by atoms with van der Waals surface area (Å²) in [5.74, 6) is 1.76. The van der Waals surface area contributed by atoms with Crippen LogP contribution in [-0.2, 0) is 0 Å². The third kappa shape index (κ3) is 2.14. The monoisotopic (exact) mass is 240 g/mol. The standard InChI is InChI=1S/C14H16N4/c1-9-8-16-14(15)18-13(9)17-12-7-11(12)10-5-3-2-4-6-10/h2-6,8,11-12H,7H2,1H3,(H3,15,16,17,18)/t11-,12+/m0/s1. The van der Waals surface area contributed by atoms with E-state index in [9.17, 15) is 0 Å². The zero-order valence-electron chi connectivity index (χ0n) is 10.3. The molecular formula is C14H16N4. The fourth-order valence-electron chi connectivity index (χ4n) is 2.20. The van der Waals surface area contributed by atoms with Crippen molar-refractivity contribution >= 4 is 11.8 Å². The lowest BCUT2D eigenvalue weighted by Crippen LogP contribution is -2.09. The molecule has 0 amide bonds. The molecule has 0 saturated heterocycles. The summed E-state index contributed by atoms with van der Waals surface area (Å²) < 4.78 is 0. The number of nitrogen functional groups attached to an aromatic ring is 1. The topological polar surface area (TPSA) is 63.8 Å². The van der Waals surface area contributed by atoms with Gasteiger partial charge in [-0.05, 0) is 18.9 Å². The molecule has 1 saturated carbocycles. The van der Waals surface area contributed by atoms with Crippen molar-refractivity contribution in [3.05, 3.63) is 47.7 Å². The molecule has 0 radical (unpaired) electrons. The molecule has 3 N–H and O–H groups in total. The van der Waals surface area contributed by atoms with Crippen molar-refractivity contribution < 1.29 is 0 Å². The molecule has 1 aliphatic rings. The molecular weight excluding hydrogens is 224 g/mol. The molecule has 1 fully saturated rings. The fraction of sp³-hybridized carbons (Fsp3) is 0.286. The summed E-state index contributed by atoms with van der Waals surface area (Å²) in [6, 6.07) is 11.0. The largest absolute Gasteiger partial charge is 0.368 e. The minimum absolute atomic E-state index is 0.319. The normalized spacial score (nSPS) is 21.6. The molecule has 3 rings (SSSR count). The smallest absolute Gasteiger partial charge is 0.221 e. The van der Waals surface area contributed by atoms with E-state index in [4.69, 9.17) is 5.73 Å². The molecule has 1 aromatic carbocycles. The highest BCUT2D eigenvalue weighted by molar-refractivity contribution is 5.48. The summed E-state index contributed by atoms with van der Waals surface area (Å²) in [4.78, 5) is 8.21. The van der Waals surface area contributed by atoms with Gasteiger partial charge in [-0.15, -0.1) is 0 Å². The zero-order valence-corrected chi connectivity index (χ0v) is 10.3. The van der Waals surface area contributed by atoms with Crippen LogP contribution in [0.1, 0.15) is 23.5 Å². The van der Waals surface area contributed by atoms with Gasteiger partial charge in [-0.1, -0.05) is 30.3 Å². The summed E-state index contributed by atoms with van der Waals surface area (Å²) in [6.07, 6.45) is 2.90. The molecule has 1 aliphatic carbocycles. The van der Waals surface area contributed by atoms with Gasteiger partial charge in [0.1, 0.15) is 5.82 Å². The highest BCUT2D eigenvalue weighted by Gasteiger charge is 2.38. The number of hydrogen-bond acceptors (Lipinski definition) is 4. The molecule has 0 spiro atoms.